The quantitative estimate of drug-likeness (QED) is 0.175. The summed E-state index contributed by atoms with van der Waals surface area (Å²) in [4.78, 5) is 2.59. The zero-order chi connectivity index (χ0) is 30.9. The normalized spacial score (nSPS) is 12.2. The van der Waals surface area contributed by atoms with Gasteiger partial charge in [-0.2, -0.15) is 0 Å². The first-order valence-corrected chi connectivity index (χ1v) is 17.0. The lowest BCUT2D eigenvalue weighted by atomic mass is 9.83. The summed E-state index contributed by atoms with van der Waals surface area (Å²) < 4.78 is 0. The lowest BCUT2D eigenvalue weighted by molar-refractivity contribution is 1.41. The van der Waals surface area contributed by atoms with Gasteiger partial charge in [0, 0.05) is 15.2 Å². The number of fused-ring (bicyclic) bond motifs is 7. The Bertz CT molecular complexity index is 2660. The molecule has 9 aromatic carbocycles. The second-order valence-electron chi connectivity index (χ2n) is 12.4. The van der Waals surface area contributed by atoms with Crippen LogP contribution in [0.25, 0.3) is 87.6 Å². The van der Waals surface area contributed by atoms with Gasteiger partial charge >= 0.3 is 0 Å². The molecule has 0 nitrogen and oxygen atoms in total. The van der Waals surface area contributed by atoms with Gasteiger partial charge in [0.2, 0.25) is 0 Å². The van der Waals surface area contributed by atoms with Crippen molar-refractivity contribution in [2.75, 3.05) is 0 Å². The van der Waals surface area contributed by atoms with Crippen molar-refractivity contribution in [3.8, 4) is 44.5 Å². The van der Waals surface area contributed by atoms with E-state index in [2.05, 4.69) is 170 Å². The van der Waals surface area contributed by atoms with Gasteiger partial charge in [0.25, 0.3) is 0 Å². The van der Waals surface area contributed by atoms with Gasteiger partial charge in [0.15, 0.2) is 0 Å². The molecule has 1 heterocycles. The van der Waals surface area contributed by atoms with Crippen LogP contribution in [-0.2, 0) is 0 Å². The zero-order valence-corrected chi connectivity index (χ0v) is 26.4. The fourth-order valence-electron chi connectivity index (χ4n) is 7.82. The maximum Gasteiger partial charge on any atom is 0.0207 e. The highest BCUT2D eigenvalue weighted by Gasteiger charge is 2.23. The van der Waals surface area contributed by atoms with Crippen molar-refractivity contribution in [3.05, 3.63) is 170 Å². The van der Waals surface area contributed by atoms with E-state index in [0.717, 1.165) is 0 Å². The molecule has 0 bridgehead atoms. The predicted molar refractivity (Wildman–Crippen MR) is 202 cm³/mol. The van der Waals surface area contributed by atoms with Crippen LogP contribution < -0.4 is 0 Å². The Balaban J connectivity index is 1.31. The second-order valence-corrected chi connectivity index (χ2v) is 13.5. The third-order valence-electron chi connectivity index (χ3n) is 9.86. The minimum absolute atomic E-state index is 1.25. The van der Waals surface area contributed by atoms with Gasteiger partial charge in [0.1, 0.15) is 0 Å². The molecule has 0 saturated carbocycles. The Labute approximate surface area is 278 Å². The molecule has 47 heavy (non-hydrogen) atoms. The number of rotatable bonds is 2. The zero-order valence-electron chi connectivity index (χ0n) is 25.6. The first-order chi connectivity index (χ1) is 23.3. The summed E-state index contributed by atoms with van der Waals surface area (Å²) in [5.41, 5.74) is 10.3. The summed E-state index contributed by atoms with van der Waals surface area (Å²) in [7, 11) is 0. The number of hydrogen-bond acceptors (Lipinski definition) is 1. The van der Waals surface area contributed by atoms with Crippen molar-refractivity contribution >= 4 is 54.9 Å². The average molecular weight is 613 g/mol. The summed E-state index contributed by atoms with van der Waals surface area (Å²) in [5.74, 6) is 0. The molecule has 0 aliphatic carbocycles. The smallest absolute Gasteiger partial charge is 0.0207 e. The largest absolute Gasteiger partial charge is 0.0888 e. The van der Waals surface area contributed by atoms with Crippen LogP contribution >= 0.6 is 11.8 Å². The highest BCUT2D eigenvalue weighted by atomic mass is 32.2. The molecule has 1 aliphatic rings. The van der Waals surface area contributed by atoms with E-state index >= 15 is 0 Å². The summed E-state index contributed by atoms with van der Waals surface area (Å²) in [5, 5.41) is 10.2. The minimum atomic E-state index is 1.25. The molecule has 0 radical (unpaired) electrons. The molecular weight excluding hydrogens is 585 g/mol. The highest BCUT2D eigenvalue weighted by Crippen LogP contribution is 2.51. The fourth-order valence-corrected chi connectivity index (χ4v) is 8.96. The van der Waals surface area contributed by atoms with Gasteiger partial charge in [-0.25, -0.2) is 0 Å². The molecule has 9 aromatic rings. The van der Waals surface area contributed by atoms with Crippen molar-refractivity contribution in [1.82, 2.24) is 0 Å². The van der Waals surface area contributed by atoms with E-state index in [9.17, 15) is 0 Å². The Morgan fingerprint density at radius 2 is 0.830 bits per heavy atom. The van der Waals surface area contributed by atoms with Crippen molar-refractivity contribution in [2.45, 2.75) is 9.79 Å². The maximum atomic E-state index is 2.38. The molecule has 218 valence electrons. The van der Waals surface area contributed by atoms with E-state index in [4.69, 9.17) is 0 Å². The first kappa shape index (κ1) is 26.6. The standard InChI is InChI=1S/C46H28S/c1-2-13-30-28-31(25-24-29(30)12-1)44-35-17-5-7-19-37(35)45(38-20-8-6-18-36(38)44)41-27-26-40-33-15-4-3-14-32(33)34-16-9-10-22-42(34)47-43-23-11-21-39(41)46(40)43/h1-28H. The van der Waals surface area contributed by atoms with Crippen LogP contribution in [0.4, 0.5) is 0 Å². The molecule has 0 spiro atoms. The molecule has 0 fully saturated rings. The minimum Gasteiger partial charge on any atom is -0.0888 e. The predicted octanol–water partition coefficient (Wildman–Crippen LogP) is 13.4. The molecule has 0 N–H and O–H groups in total. The van der Waals surface area contributed by atoms with Crippen LogP contribution in [0, 0.1) is 0 Å². The van der Waals surface area contributed by atoms with Crippen LogP contribution in [0.1, 0.15) is 0 Å². The highest BCUT2D eigenvalue weighted by molar-refractivity contribution is 7.99. The van der Waals surface area contributed by atoms with E-state index in [1.54, 1.807) is 0 Å². The molecule has 0 unspecified atom stereocenters. The van der Waals surface area contributed by atoms with Crippen LogP contribution in [0.5, 0.6) is 0 Å². The van der Waals surface area contributed by atoms with Crippen LogP contribution in [0.15, 0.2) is 180 Å². The molecular formula is C46H28S. The Morgan fingerprint density at radius 3 is 1.57 bits per heavy atom. The lowest BCUT2D eigenvalue weighted by Gasteiger charge is -2.23. The van der Waals surface area contributed by atoms with Crippen molar-refractivity contribution < 1.29 is 0 Å². The Kier molecular flexibility index (Phi) is 5.91. The third kappa shape index (κ3) is 4.03. The van der Waals surface area contributed by atoms with Crippen LogP contribution in [0.3, 0.4) is 0 Å². The van der Waals surface area contributed by atoms with E-state index in [1.165, 1.54) is 97.4 Å². The maximum absolute atomic E-state index is 2.38. The van der Waals surface area contributed by atoms with Crippen LogP contribution in [-0.4, -0.2) is 0 Å². The topological polar surface area (TPSA) is 0 Å². The summed E-state index contributed by atoms with van der Waals surface area (Å²) >= 11 is 1.88. The number of benzene rings is 9. The van der Waals surface area contributed by atoms with Gasteiger partial charge in [0.05, 0.1) is 0 Å². The van der Waals surface area contributed by atoms with E-state index < -0.39 is 0 Å². The van der Waals surface area contributed by atoms with Crippen molar-refractivity contribution in [2.24, 2.45) is 0 Å². The molecule has 1 heteroatoms. The second kappa shape index (κ2) is 10.5. The van der Waals surface area contributed by atoms with E-state index in [-0.39, 0.29) is 0 Å². The molecule has 0 amide bonds. The summed E-state index contributed by atoms with van der Waals surface area (Å²) in [6, 6.07) is 62.9. The van der Waals surface area contributed by atoms with Gasteiger partial charge in [-0.3, -0.25) is 0 Å². The van der Waals surface area contributed by atoms with E-state index in [0.29, 0.717) is 0 Å². The molecule has 0 aromatic heterocycles. The fraction of sp³-hybridized carbons (Fsp3) is 0. The monoisotopic (exact) mass is 612 g/mol. The van der Waals surface area contributed by atoms with Gasteiger partial charge < -0.3 is 0 Å². The summed E-state index contributed by atoms with van der Waals surface area (Å²) in [6.45, 7) is 0. The van der Waals surface area contributed by atoms with Crippen molar-refractivity contribution in [3.63, 3.8) is 0 Å². The molecule has 10 rings (SSSR count). The third-order valence-corrected chi connectivity index (χ3v) is 11.0. The van der Waals surface area contributed by atoms with E-state index in [1.807, 2.05) is 11.8 Å². The SMILES string of the molecule is c1ccc2c(c1)Sc1cccc3c(-c4c5ccccc5c(-c5ccc6ccccc6c5)c5ccccc45)ccc(c13)-c1ccccc1-2. The Morgan fingerprint density at radius 1 is 0.298 bits per heavy atom. The van der Waals surface area contributed by atoms with Crippen molar-refractivity contribution in [1.29, 1.82) is 0 Å². The number of hydrogen-bond donors (Lipinski definition) is 0. The molecule has 0 atom stereocenters. The summed E-state index contributed by atoms with van der Waals surface area (Å²) in [6.07, 6.45) is 0. The van der Waals surface area contributed by atoms with Gasteiger partial charge in [-0.1, -0.05) is 163 Å². The average Bonchev–Trinajstić information content (AvgIpc) is 3.13. The van der Waals surface area contributed by atoms with Crippen LogP contribution in [0.2, 0.25) is 0 Å². The molecule has 1 aliphatic heterocycles. The first-order valence-electron chi connectivity index (χ1n) is 16.2. The Hall–Kier alpha value is -5.63. The van der Waals surface area contributed by atoms with Gasteiger partial charge in [-0.05, 0) is 100 Å². The lowest BCUT2D eigenvalue weighted by Crippen LogP contribution is -1.96. The molecule has 0 saturated heterocycles. The van der Waals surface area contributed by atoms with Gasteiger partial charge in [-0.15, -0.1) is 0 Å².